The van der Waals surface area contributed by atoms with Crippen LogP contribution in [0.2, 0.25) is 0 Å². The van der Waals surface area contributed by atoms with Crippen LogP contribution < -0.4 is 10.2 Å². The fraction of sp³-hybridized carbons (Fsp3) is 0.350. The van der Waals surface area contributed by atoms with Gasteiger partial charge in [0.2, 0.25) is 0 Å². The summed E-state index contributed by atoms with van der Waals surface area (Å²) in [5, 5.41) is 3.02. The Hall–Kier alpha value is -2.01. The van der Waals surface area contributed by atoms with Crippen molar-refractivity contribution < 1.29 is 4.79 Å². The second kappa shape index (κ2) is 7.91. The summed E-state index contributed by atoms with van der Waals surface area (Å²) in [6.07, 6.45) is 0. The molecule has 0 unspecified atom stereocenters. The first-order valence-corrected chi connectivity index (χ1v) is 9.43. The number of carbonyl (C=O) groups is 1. The molecule has 25 heavy (non-hydrogen) atoms. The summed E-state index contributed by atoms with van der Waals surface area (Å²) in [6.45, 7) is 8.08. The van der Waals surface area contributed by atoms with Gasteiger partial charge in [0, 0.05) is 42.9 Å². The van der Waals surface area contributed by atoms with E-state index in [2.05, 4.69) is 58.2 Å². The van der Waals surface area contributed by atoms with Crippen molar-refractivity contribution in [3.05, 3.63) is 63.6 Å². The van der Waals surface area contributed by atoms with Gasteiger partial charge in [0.1, 0.15) is 0 Å². The molecule has 0 saturated carbocycles. The van der Waals surface area contributed by atoms with E-state index >= 15 is 0 Å². The van der Waals surface area contributed by atoms with Crippen LogP contribution in [0.3, 0.4) is 0 Å². The summed E-state index contributed by atoms with van der Waals surface area (Å²) in [4.78, 5) is 16.7. The van der Waals surface area contributed by atoms with E-state index in [0.29, 0.717) is 6.54 Å². The molecule has 0 atom stereocenters. The number of rotatable bonds is 3. The van der Waals surface area contributed by atoms with Gasteiger partial charge >= 0.3 is 6.03 Å². The first-order chi connectivity index (χ1) is 12.1. The van der Waals surface area contributed by atoms with E-state index in [1.807, 2.05) is 29.2 Å². The number of hydrogen-bond acceptors (Lipinski definition) is 2. The van der Waals surface area contributed by atoms with E-state index in [0.717, 1.165) is 36.2 Å². The number of amides is 2. The number of nitrogens with zero attached hydrogens (tertiary/aromatic N) is 2. The fourth-order valence-electron chi connectivity index (χ4n) is 3.15. The fourth-order valence-corrected chi connectivity index (χ4v) is 3.58. The zero-order valence-corrected chi connectivity index (χ0v) is 16.3. The van der Waals surface area contributed by atoms with E-state index < -0.39 is 0 Å². The van der Waals surface area contributed by atoms with E-state index in [4.69, 9.17) is 0 Å². The maximum Gasteiger partial charge on any atom is 0.317 e. The highest BCUT2D eigenvalue weighted by Gasteiger charge is 2.22. The summed E-state index contributed by atoms with van der Waals surface area (Å²) in [5.74, 6) is 0. The van der Waals surface area contributed by atoms with Crippen LogP contribution in [-0.2, 0) is 6.54 Å². The minimum Gasteiger partial charge on any atom is -0.368 e. The Morgan fingerprint density at radius 2 is 1.76 bits per heavy atom. The molecule has 0 radical (unpaired) electrons. The van der Waals surface area contributed by atoms with Crippen LogP contribution in [0.1, 0.15) is 16.7 Å². The molecule has 0 aromatic heterocycles. The molecule has 3 rings (SSSR count). The first-order valence-electron chi connectivity index (χ1n) is 8.63. The molecule has 0 bridgehead atoms. The molecule has 5 heteroatoms. The van der Waals surface area contributed by atoms with Crippen molar-refractivity contribution in [3.8, 4) is 0 Å². The Kier molecular flexibility index (Phi) is 5.63. The summed E-state index contributed by atoms with van der Waals surface area (Å²) >= 11 is 3.52. The predicted molar refractivity (Wildman–Crippen MR) is 106 cm³/mol. The van der Waals surface area contributed by atoms with Gasteiger partial charge in [-0.05, 0) is 42.7 Å². The lowest BCUT2D eigenvalue weighted by molar-refractivity contribution is 0.194. The highest BCUT2D eigenvalue weighted by atomic mass is 79.9. The number of piperazine rings is 1. The third kappa shape index (κ3) is 4.15. The van der Waals surface area contributed by atoms with Crippen molar-refractivity contribution >= 4 is 27.6 Å². The molecule has 132 valence electrons. The first kappa shape index (κ1) is 17.8. The molecule has 1 aliphatic rings. The van der Waals surface area contributed by atoms with Crippen molar-refractivity contribution in [1.29, 1.82) is 0 Å². The van der Waals surface area contributed by atoms with Crippen LogP contribution in [0.25, 0.3) is 0 Å². The Balaban J connectivity index is 1.54. The Morgan fingerprint density at radius 3 is 2.48 bits per heavy atom. The summed E-state index contributed by atoms with van der Waals surface area (Å²) in [7, 11) is 0. The van der Waals surface area contributed by atoms with E-state index in [9.17, 15) is 4.79 Å². The molecule has 4 nitrogen and oxygen atoms in total. The summed E-state index contributed by atoms with van der Waals surface area (Å²) in [5.41, 5.74) is 5.01. The lowest BCUT2D eigenvalue weighted by atomic mass is 10.1. The number of carbonyl (C=O) groups excluding carboxylic acids is 1. The number of urea groups is 1. The topological polar surface area (TPSA) is 35.6 Å². The van der Waals surface area contributed by atoms with E-state index in [1.165, 1.54) is 16.8 Å². The molecule has 0 aliphatic carbocycles. The van der Waals surface area contributed by atoms with Gasteiger partial charge < -0.3 is 15.1 Å². The van der Waals surface area contributed by atoms with Gasteiger partial charge in [-0.25, -0.2) is 4.79 Å². The molecule has 2 amide bonds. The van der Waals surface area contributed by atoms with Crippen molar-refractivity contribution in [2.45, 2.75) is 20.4 Å². The third-order valence-electron chi connectivity index (χ3n) is 4.87. The van der Waals surface area contributed by atoms with Crippen molar-refractivity contribution in [1.82, 2.24) is 10.2 Å². The van der Waals surface area contributed by atoms with E-state index in [1.54, 1.807) is 0 Å². The highest BCUT2D eigenvalue weighted by molar-refractivity contribution is 9.10. The highest BCUT2D eigenvalue weighted by Crippen LogP contribution is 2.24. The minimum absolute atomic E-state index is 0.0105. The quantitative estimate of drug-likeness (QED) is 0.839. The third-order valence-corrected chi connectivity index (χ3v) is 5.65. The summed E-state index contributed by atoms with van der Waals surface area (Å²) < 4.78 is 1.02. The maximum absolute atomic E-state index is 12.4. The number of nitrogens with one attached hydrogen (secondary N) is 1. The molecular weight excluding hydrogens is 378 g/mol. The van der Waals surface area contributed by atoms with Crippen LogP contribution in [0.5, 0.6) is 0 Å². The lowest BCUT2D eigenvalue weighted by Crippen LogP contribution is -2.51. The van der Waals surface area contributed by atoms with Gasteiger partial charge in [-0.15, -0.1) is 0 Å². The Bertz CT molecular complexity index is 754. The molecule has 2 aromatic rings. The van der Waals surface area contributed by atoms with Crippen LogP contribution >= 0.6 is 15.9 Å². The molecule has 1 N–H and O–H groups in total. The molecule has 0 spiro atoms. The van der Waals surface area contributed by atoms with Gasteiger partial charge in [0.25, 0.3) is 0 Å². The lowest BCUT2D eigenvalue weighted by Gasteiger charge is -2.37. The maximum atomic E-state index is 12.4. The van der Waals surface area contributed by atoms with Crippen molar-refractivity contribution in [2.24, 2.45) is 0 Å². The molecular formula is C20H24BrN3O. The predicted octanol–water partition coefficient (Wildman–Crippen LogP) is 4.10. The Morgan fingerprint density at radius 1 is 1.04 bits per heavy atom. The standard InChI is InChI=1S/C20H24BrN3O/c1-15-6-5-9-19(16(15)2)23-10-12-24(13-11-23)20(25)22-14-17-7-3-4-8-18(17)21/h3-9H,10-14H2,1-2H3,(H,22,25). The monoisotopic (exact) mass is 401 g/mol. The molecule has 2 aromatic carbocycles. The Labute approximate surface area is 158 Å². The van der Waals surface area contributed by atoms with Crippen molar-refractivity contribution in [2.75, 3.05) is 31.1 Å². The number of halogens is 1. The SMILES string of the molecule is Cc1cccc(N2CCN(C(=O)NCc3ccccc3Br)CC2)c1C. The van der Waals surface area contributed by atoms with Crippen LogP contribution in [0, 0.1) is 13.8 Å². The number of aryl methyl sites for hydroxylation is 1. The zero-order valence-electron chi connectivity index (χ0n) is 14.8. The molecule has 1 heterocycles. The minimum atomic E-state index is 0.0105. The molecule has 1 fully saturated rings. The zero-order chi connectivity index (χ0) is 17.8. The van der Waals surface area contributed by atoms with Crippen LogP contribution in [0.4, 0.5) is 10.5 Å². The number of hydrogen-bond donors (Lipinski definition) is 1. The van der Waals surface area contributed by atoms with Gasteiger partial charge in [-0.1, -0.05) is 46.3 Å². The van der Waals surface area contributed by atoms with Crippen LogP contribution in [-0.4, -0.2) is 37.1 Å². The average molecular weight is 402 g/mol. The largest absolute Gasteiger partial charge is 0.368 e. The second-order valence-corrected chi connectivity index (χ2v) is 7.30. The van der Waals surface area contributed by atoms with Gasteiger partial charge in [-0.2, -0.15) is 0 Å². The van der Waals surface area contributed by atoms with Gasteiger partial charge in [-0.3, -0.25) is 0 Å². The average Bonchev–Trinajstić information content (AvgIpc) is 2.63. The number of anilines is 1. The number of benzene rings is 2. The smallest absolute Gasteiger partial charge is 0.317 e. The summed E-state index contributed by atoms with van der Waals surface area (Å²) in [6, 6.07) is 14.4. The van der Waals surface area contributed by atoms with Crippen molar-refractivity contribution in [3.63, 3.8) is 0 Å². The normalized spacial score (nSPS) is 14.5. The van der Waals surface area contributed by atoms with Crippen LogP contribution in [0.15, 0.2) is 46.9 Å². The molecule has 1 aliphatic heterocycles. The van der Waals surface area contributed by atoms with E-state index in [-0.39, 0.29) is 6.03 Å². The molecule has 1 saturated heterocycles. The second-order valence-electron chi connectivity index (χ2n) is 6.44. The van der Waals surface area contributed by atoms with Gasteiger partial charge in [0.05, 0.1) is 0 Å². The van der Waals surface area contributed by atoms with Gasteiger partial charge in [0.15, 0.2) is 0 Å².